The van der Waals surface area contributed by atoms with Crippen LogP contribution in [0.3, 0.4) is 0 Å². The molecular formula is C7H13NO. The molecule has 0 spiro atoms. The van der Waals surface area contributed by atoms with E-state index in [4.69, 9.17) is 0 Å². The van der Waals surface area contributed by atoms with Crippen molar-refractivity contribution in [2.24, 2.45) is 0 Å². The van der Waals surface area contributed by atoms with Crippen molar-refractivity contribution in [1.82, 2.24) is 4.90 Å². The molecule has 1 fully saturated rings. The van der Waals surface area contributed by atoms with Crippen molar-refractivity contribution in [1.29, 1.82) is 0 Å². The van der Waals surface area contributed by atoms with Gasteiger partial charge >= 0.3 is 0 Å². The van der Waals surface area contributed by atoms with E-state index in [0.717, 1.165) is 13.0 Å². The second-order valence-electron chi connectivity index (χ2n) is 2.85. The number of hydrogen-bond acceptors (Lipinski definition) is 2. The molecule has 0 saturated carbocycles. The van der Waals surface area contributed by atoms with Crippen molar-refractivity contribution in [3.8, 4) is 0 Å². The average molecular weight is 127 g/mol. The monoisotopic (exact) mass is 127 g/mol. The van der Waals surface area contributed by atoms with Crippen LogP contribution in [0.25, 0.3) is 0 Å². The lowest BCUT2D eigenvalue weighted by Crippen LogP contribution is -2.28. The normalized spacial score (nSPS) is 21.9. The summed E-state index contributed by atoms with van der Waals surface area (Å²) in [5, 5.41) is 0. The van der Waals surface area contributed by atoms with Crippen LogP contribution in [0.5, 0.6) is 0 Å². The molecule has 0 aliphatic carbocycles. The molecule has 2 nitrogen and oxygen atoms in total. The Kier molecular flexibility index (Phi) is 1.86. The Hall–Kier alpha value is -0.370. The number of ketones is 1. The number of Topliss-reactive ketones (excluding diaryl/α,β-unsaturated/α-hetero) is 1. The molecule has 0 radical (unpaired) electrons. The van der Waals surface area contributed by atoms with E-state index < -0.39 is 0 Å². The molecule has 1 heterocycles. The van der Waals surface area contributed by atoms with Gasteiger partial charge in [0.2, 0.25) is 0 Å². The topological polar surface area (TPSA) is 20.3 Å². The van der Waals surface area contributed by atoms with Crippen LogP contribution < -0.4 is 0 Å². The second kappa shape index (κ2) is 2.48. The molecule has 0 unspecified atom stereocenters. The summed E-state index contributed by atoms with van der Waals surface area (Å²) in [7, 11) is 0. The Morgan fingerprint density at radius 1 is 1.56 bits per heavy atom. The third-order valence-corrected chi connectivity index (χ3v) is 1.79. The zero-order valence-corrected chi connectivity index (χ0v) is 6.05. The van der Waals surface area contributed by atoms with Gasteiger partial charge in [-0.3, -0.25) is 9.69 Å². The largest absolute Gasteiger partial charge is 0.298 e. The summed E-state index contributed by atoms with van der Waals surface area (Å²) in [6.45, 7) is 5.89. The third-order valence-electron chi connectivity index (χ3n) is 1.79. The first-order chi connectivity index (χ1) is 4.20. The second-order valence-corrected chi connectivity index (χ2v) is 2.85. The molecule has 52 valence electrons. The van der Waals surface area contributed by atoms with Crippen LogP contribution in [0.1, 0.15) is 20.3 Å². The fourth-order valence-electron chi connectivity index (χ4n) is 1.09. The van der Waals surface area contributed by atoms with E-state index in [-0.39, 0.29) is 0 Å². The van der Waals surface area contributed by atoms with Gasteiger partial charge in [0.25, 0.3) is 0 Å². The van der Waals surface area contributed by atoms with Crippen molar-refractivity contribution in [2.45, 2.75) is 26.3 Å². The molecule has 0 aromatic carbocycles. The quantitative estimate of drug-likeness (QED) is 0.516. The summed E-state index contributed by atoms with van der Waals surface area (Å²) in [4.78, 5) is 12.9. The minimum atomic E-state index is 0.392. The zero-order chi connectivity index (χ0) is 6.85. The minimum Gasteiger partial charge on any atom is -0.298 e. The van der Waals surface area contributed by atoms with Gasteiger partial charge in [0, 0.05) is 19.0 Å². The van der Waals surface area contributed by atoms with Gasteiger partial charge in [-0.2, -0.15) is 0 Å². The van der Waals surface area contributed by atoms with Gasteiger partial charge in [-0.05, 0) is 13.8 Å². The Morgan fingerprint density at radius 2 is 2.22 bits per heavy atom. The highest BCUT2D eigenvalue weighted by atomic mass is 16.1. The third kappa shape index (κ3) is 1.52. The summed E-state index contributed by atoms with van der Waals surface area (Å²) < 4.78 is 0. The van der Waals surface area contributed by atoms with Crippen molar-refractivity contribution in [3.05, 3.63) is 0 Å². The predicted molar refractivity (Wildman–Crippen MR) is 36.3 cm³/mol. The predicted octanol–water partition coefficient (Wildman–Crippen LogP) is 0.670. The number of rotatable bonds is 1. The molecule has 0 bridgehead atoms. The van der Waals surface area contributed by atoms with E-state index in [9.17, 15) is 4.79 Å². The molecular weight excluding hydrogens is 114 g/mol. The first-order valence-electron chi connectivity index (χ1n) is 3.46. The Balaban J connectivity index is 2.39. The Morgan fingerprint density at radius 3 is 2.44 bits per heavy atom. The number of likely N-dealkylation sites (tertiary alicyclic amines) is 1. The maximum Gasteiger partial charge on any atom is 0.148 e. The van der Waals surface area contributed by atoms with Gasteiger partial charge in [0.15, 0.2) is 0 Å². The van der Waals surface area contributed by atoms with Crippen LogP contribution in [0.15, 0.2) is 0 Å². The summed E-state index contributed by atoms with van der Waals surface area (Å²) in [5.74, 6) is 0.392. The molecule has 1 rings (SSSR count). The highest BCUT2D eigenvalue weighted by molar-refractivity contribution is 5.82. The fourth-order valence-corrected chi connectivity index (χ4v) is 1.09. The highest BCUT2D eigenvalue weighted by Crippen LogP contribution is 2.07. The van der Waals surface area contributed by atoms with Crippen molar-refractivity contribution in [3.63, 3.8) is 0 Å². The van der Waals surface area contributed by atoms with Gasteiger partial charge < -0.3 is 0 Å². The smallest absolute Gasteiger partial charge is 0.148 e. The molecule has 0 aromatic heterocycles. The molecule has 9 heavy (non-hydrogen) atoms. The van der Waals surface area contributed by atoms with Gasteiger partial charge in [-0.1, -0.05) is 0 Å². The van der Waals surface area contributed by atoms with E-state index in [0.29, 0.717) is 18.4 Å². The molecule has 0 amide bonds. The number of carbonyl (C=O) groups is 1. The Bertz CT molecular complexity index is 120. The molecule has 1 aliphatic heterocycles. The van der Waals surface area contributed by atoms with Gasteiger partial charge in [-0.15, -0.1) is 0 Å². The average Bonchev–Trinajstić information content (AvgIpc) is 2.14. The Labute approximate surface area is 55.8 Å². The number of nitrogens with zero attached hydrogens (tertiary/aromatic N) is 1. The molecule has 1 aliphatic rings. The van der Waals surface area contributed by atoms with Crippen LogP contribution in [0.2, 0.25) is 0 Å². The maximum absolute atomic E-state index is 10.7. The van der Waals surface area contributed by atoms with Crippen LogP contribution in [-0.4, -0.2) is 29.8 Å². The SMILES string of the molecule is CC(C)N1CCC(=O)C1. The van der Waals surface area contributed by atoms with Crippen LogP contribution in [0.4, 0.5) is 0 Å². The van der Waals surface area contributed by atoms with Gasteiger partial charge in [-0.25, -0.2) is 0 Å². The van der Waals surface area contributed by atoms with E-state index in [2.05, 4.69) is 18.7 Å². The summed E-state index contributed by atoms with van der Waals surface area (Å²) in [5.41, 5.74) is 0. The fraction of sp³-hybridized carbons (Fsp3) is 0.857. The lowest BCUT2D eigenvalue weighted by molar-refractivity contribution is -0.117. The van der Waals surface area contributed by atoms with E-state index >= 15 is 0 Å². The maximum atomic E-state index is 10.7. The molecule has 0 atom stereocenters. The van der Waals surface area contributed by atoms with Crippen LogP contribution >= 0.6 is 0 Å². The van der Waals surface area contributed by atoms with Crippen molar-refractivity contribution < 1.29 is 4.79 Å². The molecule has 2 heteroatoms. The molecule has 0 aromatic rings. The molecule has 1 saturated heterocycles. The van der Waals surface area contributed by atoms with E-state index in [1.165, 1.54) is 0 Å². The van der Waals surface area contributed by atoms with Crippen LogP contribution in [0, 0.1) is 0 Å². The van der Waals surface area contributed by atoms with Gasteiger partial charge in [0.05, 0.1) is 6.54 Å². The van der Waals surface area contributed by atoms with Crippen molar-refractivity contribution >= 4 is 5.78 Å². The first kappa shape index (κ1) is 6.75. The lowest BCUT2D eigenvalue weighted by atomic mass is 10.3. The summed E-state index contributed by atoms with van der Waals surface area (Å²) in [6, 6.07) is 0.538. The summed E-state index contributed by atoms with van der Waals surface area (Å²) in [6.07, 6.45) is 0.762. The first-order valence-corrected chi connectivity index (χ1v) is 3.46. The number of carbonyl (C=O) groups excluding carboxylic acids is 1. The van der Waals surface area contributed by atoms with Gasteiger partial charge in [0.1, 0.15) is 5.78 Å². The number of hydrogen-bond donors (Lipinski definition) is 0. The molecule has 0 N–H and O–H groups in total. The van der Waals surface area contributed by atoms with E-state index in [1.54, 1.807) is 0 Å². The summed E-state index contributed by atoms with van der Waals surface area (Å²) >= 11 is 0. The highest BCUT2D eigenvalue weighted by Gasteiger charge is 2.20. The van der Waals surface area contributed by atoms with Crippen molar-refractivity contribution in [2.75, 3.05) is 13.1 Å². The standard InChI is InChI=1S/C7H13NO/c1-6(2)8-4-3-7(9)5-8/h6H,3-5H2,1-2H3. The lowest BCUT2D eigenvalue weighted by Gasteiger charge is -2.17. The van der Waals surface area contributed by atoms with Crippen LogP contribution in [-0.2, 0) is 4.79 Å². The minimum absolute atomic E-state index is 0.392. The van der Waals surface area contributed by atoms with E-state index in [1.807, 2.05) is 0 Å². The zero-order valence-electron chi connectivity index (χ0n) is 6.05.